The quantitative estimate of drug-likeness (QED) is 0.0590. The molecule has 0 amide bonds. The number of hydrogen-bond donors (Lipinski definition) is 0. The molecule has 2 aromatic heterocycles. The molecule has 3 aromatic carbocycles. The minimum atomic E-state index is -1.18. The molecule has 69 heavy (non-hydrogen) atoms. The summed E-state index contributed by atoms with van der Waals surface area (Å²) in [6.45, 7) is 22.8. The third kappa shape index (κ3) is 11.2. The van der Waals surface area contributed by atoms with Gasteiger partial charge in [0, 0.05) is 54.6 Å². The number of aliphatic imine (C=N–C) groups is 1. The van der Waals surface area contributed by atoms with Gasteiger partial charge in [0.05, 0.1) is 25.9 Å². The maximum Gasteiger partial charge on any atom is 0.741 e. The van der Waals surface area contributed by atoms with Gasteiger partial charge in [0.1, 0.15) is 40.1 Å². The van der Waals surface area contributed by atoms with E-state index in [1.165, 1.54) is 22.4 Å². The highest BCUT2D eigenvalue weighted by Crippen LogP contribution is 2.49. The fraction of sp³-hybridized carbons (Fsp3) is 0.259. The monoisotopic (exact) mass is 928 g/mol. The number of allylic oxidation sites excluding steroid dienone is 10. The molecule has 0 spiro atoms. The van der Waals surface area contributed by atoms with Crippen molar-refractivity contribution in [2.45, 2.75) is 76.4 Å². The predicted octanol–water partition coefficient (Wildman–Crippen LogP) is 12.3. The normalized spacial score (nSPS) is 19.6. The van der Waals surface area contributed by atoms with Crippen molar-refractivity contribution in [3.8, 4) is 17.6 Å². The first-order chi connectivity index (χ1) is 33.5. The van der Waals surface area contributed by atoms with Gasteiger partial charge in [-0.05, 0) is 119 Å². The molecular formula is C58H57AlN6O4. The van der Waals surface area contributed by atoms with E-state index in [-0.39, 0.29) is 28.7 Å². The number of rotatable bonds is 10. The lowest BCUT2D eigenvalue weighted by molar-refractivity contribution is 0.213. The third-order valence-electron chi connectivity index (χ3n) is 13.1. The van der Waals surface area contributed by atoms with E-state index in [2.05, 4.69) is 89.3 Å². The van der Waals surface area contributed by atoms with E-state index in [4.69, 9.17) is 23.6 Å². The Kier molecular flexibility index (Phi) is 15.2. The number of methoxy groups -OCH3 is 1. The van der Waals surface area contributed by atoms with Crippen LogP contribution in [0.4, 0.5) is 5.69 Å². The Balaban J connectivity index is 0.000000156. The van der Waals surface area contributed by atoms with Gasteiger partial charge >= 0.3 is 15.9 Å². The summed E-state index contributed by atoms with van der Waals surface area (Å²) >= 11 is -1.18. The van der Waals surface area contributed by atoms with Crippen molar-refractivity contribution in [2.24, 2.45) is 4.99 Å². The lowest BCUT2D eigenvalue weighted by Gasteiger charge is -2.48. The first kappa shape index (κ1) is 48.2. The predicted molar refractivity (Wildman–Crippen MR) is 280 cm³/mol. The molecule has 5 aliphatic rings. The molecule has 11 heteroatoms. The summed E-state index contributed by atoms with van der Waals surface area (Å²) in [5, 5.41) is 11.6. The smallest absolute Gasteiger partial charge is 0.623 e. The van der Waals surface area contributed by atoms with Gasteiger partial charge in [0.15, 0.2) is 0 Å². The van der Waals surface area contributed by atoms with Crippen LogP contribution in [0.15, 0.2) is 180 Å². The van der Waals surface area contributed by atoms with E-state index in [9.17, 15) is 5.26 Å². The number of nitrogens with zero attached hydrogens (tertiary/aromatic N) is 6. The molecule has 6 heterocycles. The number of ether oxygens (including phenoxy) is 2. The van der Waals surface area contributed by atoms with Crippen molar-refractivity contribution in [2.75, 3.05) is 25.1 Å². The number of dihydropyridines is 1. The standard InChI is InChI=1S/C30H33N3O.C10H9NO.C9H8NO.C9H7NO.Al.H/c1-7-8-9-23-18-22(27(20-31)32-6)19-24(34-23)11-10-21-16-25-28-26(17-21)30(4,5)13-15-33(28)14-12-29(25,2)3;1-12-9-6-2-4-8-5-3-7-11-10(8)9;2*11-8-5-1-3-7-4-2-6-10-9(7)8;;/h7,10-11,16-19H,1,8-9,12-15H2,2-5H3;2-7H,1H3;1-6,8-9H;1-6,11H;;/q;;-1;;+2;/p-1/b11-10+,27-22+;;;;;. The molecule has 0 bridgehead atoms. The van der Waals surface area contributed by atoms with Crippen LogP contribution < -0.4 is 13.4 Å². The summed E-state index contributed by atoms with van der Waals surface area (Å²) < 4.78 is 23.2. The molecule has 4 aliphatic heterocycles. The van der Waals surface area contributed by atoms with Gasteiger partial charge in [0.2, 0.25) is 0 Å². The molecule has 2 unspecified atom stereocenters. The summed E-state index contributed by atoms with van der Waals surface area (Å²) in [7, 11) is 1.66. The SMILES string of the molecule is C1=CC2=CC=CC([O][AlH][O]c3cccc4cccnc34)C2N=C1.COc1cccc2cccnc12.[C-]#[N+]/C(C#N)=C1C=C(/C=C/c2cc3c4c(c2)C(C)(C)CCN4CCC3(C)C)OC(CCC=C)=C/1. The highest BCUT2D eigenvalue weighted by molar-refractivity contribution is 6.20. The summed E-state index contributed by atoms with van der Waals surface area (Å²) in [6.07, 6.45) is 28.7. The second kappa shape index (κ2) is 21.8. The summed E-state index contributed by atoms with van der Waals surface area (Å²) in [6, 6.07) is 26.4. The Morgan fingerprint density at radius 2 is 1.59 bits per heavy atom. The fourth-order valence-corrected chi connectivity index (χ4v) is 9.98. The van der Waals surface area contributed by atoms with Crippen molar-refractivity contribution in [1.29, 1.82) is 5.26 Å². The van der Waals surface area contributed by atoms with Gasteiger partial charge in [-0.2, -0.15) is 0 Å². The van der Waals surface area contributed by atoms with Crippen molar-refractivity contribution >= 4 is 55.7 Å². The number of nitriles is 1. The molecule has 1 aliphatic carbocycles. The van der Waals surface area contributed by atoms with Crippen LogP contribution in [0, 0.1) is 17.9 Å². The molecule has 0 fully saturated rings. The molecule has 10 rings (SSSR count). The van der Waals surface area contributed by atoms with Crippen LogP contribution in [0.5, 0.6) is 11.5 Å². The molecule has 0 radical (unpaired) electrons. The lowest BCUT2D eigenvalue weighted by Crippen LogP contribution is -2.44. The molecule has 0 saturated carbocycles. The van der Waals surface area contributed by atoms with Gasteiger partial charge in [0.25, 0.3) is 5.70 Å². The number of aromatic nitrogens is 2. The Bertz CT molecular complexity index is 3020. The van der Waals surface area contributed by atoms with Crippen LogP contribution in [-0.2, 0) is 19.4 Å². The largest absolute Gasteiger partial charge is 0.741 e. The minimum absolute atomic E-state index is 0.0479. The van der Waals surface area contributed by atoms with E-state index in [0.29, 0.717) is 17.8 Å². The van der Waals surface area contributed by atoms with Gasteiger partial charge in [-0.25, -0.2) is 10.1 Å². The van der Waals surface area contributed by atoms with Crippen LogP contribution in [0.3, 0.4) is 0 Å². The van der Waals surface area contributed by atoms with Crippen LogP contribution in [0.25, 0.3) is 32.7 Å². The third-order valence-corrected chi connectivity index (χ3v) is 14.0. The summed E-state index contributed by atoms with van der Waals surface area (Å²) in [4.78, 5) is 19.1. The average Bonchev–Trinajstić information content (AvgIpc) is 3.37. The van der Waals surface area contributed by atoms with Gasteiger partial charge in [-0.1, -0.05) is 101 Å². The fourth-order valence-electron chi connectivity index (χ4n) is 9.10. The molecule has 346 valence electrons. The van der Waals surface area contributed by atoms with Crippen molar-refractivity contribution in [1.82, 2.24) is 9.97 Å². The van der Waals surface area contributed by atoms with Crippen molar-refractivity contribution < 1.29 is 17.1 Å². The number of para-hydroxylation sites is 2. The van der Waals surface area contributed by atoms with Gasteiger partial charge in [-0.15, -0.1) is 6.58 Å². The van der Waals surface area contributed by atoms with Crippen molar-refractivity contribution in [3.63, 3.8) is 0 Å². The zero-order valence-corrected chi connectivity index (χ0v) is 41.5. The van der Waals surface area contributed by atoms with Crippen LogP contribution in [0.1, 0.15) is 70.1 Å². The Labute approximate surface area is 412 Å². The van der Waals surface area contributed by atoms with Crippen molar-refractivity contribution in [3.05, 3.63) is 203 Å². The number of fused-ring (bicyclic) bond motifs is 3. The molecule has 10 nitrogen and oxygen atoms in total. The number of anilines is 1. The Morgan fingerprint density at radius 1 is 0.928 bits per heavy atom. The molecule has 2 atom stereocenters. The van der Waals surface area contributed by atoms with Crippen LogP contribution in [-0.4, -0.2) is 64.4 Å². The van der Waals surface area contributed by atoms with E-state index >= 15 is 0 Å². The van der Waals surface area contributed by atoms with Gasteiger partial charge < -0.3 is 22.0 Å². The Hall–Kier alpha value is -7.26. The lowest BCUT2D eigenvalue weighted by atomic mass is 9.69. The molecule has 0 saturated heterocycles. The highest BCUT2D eigenvalue weighted by atomic mass is 27.2. The topological polar surface area (TPSA) is 106 Å². The molecule has 0 N–H and O–H groups in total. The maximum atomic E-state index is 9.37. The zero-order chi connectivity index (χ0) is 48.4. The molecule has 5 aromatic rings. The van der Waals surface area contributed by atoms with E-state index in [0.717, 1.165) is 77.0 Å². The van der Waals surface area contributed by atoms with E-state index in [1.54, 1.807) is 31.7 Å². The summed E-state index contributed by atoms with van der Waals surface area (Å²) in [5.74, 6) is 3.00. The second-order valence-corrected chi connectivity index (χ2v) is 19.4. The highest BCUT2D eigenvalue weighted by Gasteiger charge is 2.40. The first-order valence-corrected chi connectivity index (χ1v) is 24.6. The average molecular weight is 929 g/mol. The summed E-state index contributed by atoms with van der Waals surface area (Å²) in [5.41, 5.74) is 9.36. The van der Waals surface area contributed by atoms with Crippen LogP contribution in [0.2, 0.25) is 0 Å². The van der Waals surface area contributed by atoms with E-state index in [1.807, 2.05) is 103 Å². The number of hydrogen-bond acceptors (Lipinski definition) is 9. The maximum absolute atomic E-state index is 9.37. The minimum Gasteiger partial charge on any atom is -0.623 e. The molecular weight excluding hydrogens is 872 g/mol. The Morgan fingerprint density at radius 3 is 2.25 bits per heavy atom. The second-order valence-electron chi connectivity index (χ2n) is 18.6. The number of benzene rings is 3. The van der Waals surface area contributed by atoms with Gasteiger partial charge in [-0.3, -0.25) is 15.0 Å². The number of pyridine rings is 2. The van der Waals surface area contributed by atoms with Crippen LogP contribution >= 0.6 is 0 Å². The zero-order valence-electron chi connectivity index (χ0n) is 40.1. The van der Waals surface area contributed by atoms with E-state index < -0.39 is 15.9 Å². The first-order valence-electron chi connectivity index (χ1n) is 23.4.